The first-order chi connectivity index (χ1) is 7.16. The zero-order valence-corrected chi connectivity index (χ0v) is 9.49. The molecule has 0 atom stereocenters. The summed E-state index contributed by atoms with van der Waals surface area (Å²) >= 11 is 5.81. The summed E-state index contributed by atoms with van der Waals surface area (Å²) < 4.78 is 4.89. The van der Waals surface area contributed by atoms with Crippen LogP contribution in [-0.2, 0) is 4.74 Å². The monoisotopic (exact) mass is 228 g/mol. The van der Waals surface area contributed by atoms with Crippen molar-refractivity contribution >= 4 is 17.5 Å². The van der Waals surface area contributed by atoms with Gasteiger partial charge in [0.15, 0.2) is 0 Å². The van der Waals surface area contributed by atoms with Crippen LogP contribution in [0.1, 0.15) is 10.4 Å². The average molecular weight is 229 g/mol. The van der Waals surface area contributed by atoms with Crippen molar-refractivity contribution in [2.45, 2.75) is 0 Å². The summed E-state index contributed by atoms with van der Waals surface area (Å²) in [5, 5.41) is 0.228. The normalized spacial score (nSPS) is 10.1. The van der Waals surface area contributed by atoms with Crippen LogP contribution in [0.5, 0.6) is 0 Å². The second kappa shape index (κ2) is 5.68. The van der Waals surface area contributed by atoms with Crippen LogP contribution < -0.4 is 0 Å². The van der Waals surface area contributed by atoms with Gasteiger partial charge < -0.3 is 9.64 Å². The van der Waals surface area contributed by atoms with Crippen LogP contribution >= 0.6 is 11.6 Å². The number of likely N-dealkylation sites (N-methyl/N-ethyl adjacent to an activating group) is 1. The fourth-order valence-corrected chi connectivity index (χ4v) is 1.28. The van der Waals surface area contributed by atoms with Gasteiger partial charge in [-0.05, 0) is 12.1 Å². The Labute approximate surface area is 93.8 Å². The number of amides is 1. The molecule has 1 rings (SSSR count). The molecule has 0 aliphatic carbocycles. The Morgan fingerprint density at radius 1 is 1.67 bits per heavy atom. The minimum absolute atomic E-state index is 0.148. The molecule has 0 unspecified atom stereocenters. The molecule has 82 valence electrons. The van der Waals surface area contributed by atoms with E-state index in [0.29, 0.717) is 18.7 Å². The molecule has 0 bridgehead atoms. The molecular weight excluding hydrogens is 216 g/mol. The number of carbonyl (C=O) groups is 1. The predicted octanol–water partition coefficient (Wildman–Crippen LogP) is 1.45. The number of ether oxygens (including phenoxy) is 1. The Balaban J connectivity index is 2.72. The molecule has 1 aromatic rings. The van der Waals surface area contributed by atoms with Crippen molar-refractivity contribution in [3.05, 3.63) is 29.0 Å². The Morgan fingerprint density at radius 3 is 3.00 bits per heavy atom. The number of hydrogen-bond donors (Lipinski definition) is 0. The first-order valence-electron chi connectivity index (χ1n) is 4.51. The van der Waals surface area contributed by atoms with Gasteiger partial charge in [0.05, 0.1) is 12.2 Å². The molecule has 1 heterocycles. The lowest BCUT2D eigenvalue weighted by Gasteiger charge is -2.16. The lowest BCUT2D eigenvalue weighted by atomic mass is 10.2. The maximum absolute atomic E-state index is 11.8. The average Bonchev–Trinajstić information content (AvgIpc) is 2.25. The molecule has 0 spiro atoms. The van der Waals surface area contributed by atoms with E-state index in [-0.39, 0.29) is 11.1 Å². The van der Waals surface area contributed by atoms with Gasteiger partial charge in [0.2, 0.25) is 0 Å². The molecule has 0 N–H and O–H groups in total. The second-order valence-electron chi connectivity index (χ2n) is 3.06. The van der Waals surface area contributed by atoms with Crippen molar-refractivity contribution < 1.29 is 9.53 Å². The van der Waals surface area contributed by atoms with Crippen molar-refractivity contribution in [1.29, 1.82) is 0 Å². The standard InChI is InChI=1S/C10H13ClN2O2/c1-13(6-7-15-2)10(14)8-4-3-5-12-9(8)11/h3-5H,6-7H2,1-2H3. The minimum atomic E-state index is -0.148. The van der Waals surface area contributed by atoms with E-state index >= 15 is 0 Å². The topological polar surface area (TPSA) is 42.4 Å². The number of rotatable bonds is 4. The Bertz CT molecular complexity index is 344. The number of nitrogens with zero attached hydrogens (tertiary/aromatic N) is 2. The van der Waals surface area contributed by atoms with E-state index < -0.39 is 0 Å². The molecule has 0 aliphatic rings. The molecule has 0 saturated heterocycles. The first kappa shape index (κ1) is 11.9. The Hall–Kier alpha value is -1.13. The van der Waals surface area contributed by atoms with Crippen molar-refractivity contribution in [3.63, 3.8) is 0 Å². The summed E-state index contributed by atoms with van der Waals surface area (Å²) in [6.45, 7) is 1.03. The third kappa shape index (κ3) is 3.18. The predicted molar refractivity (Wildman–Crippen MR) is 58.1 cm³/mol. The molecule has 0 radical (unpaired) electrons. The van der Waals surface area contributed by atoms with Crippen LogP contribution in [0.2, 0.25) is 5.15 Å². The van der Waals surface area contributed by atoms with Crippen molar-refractivity contribution in [1.82, 2.24) is 9.88 Å². The Kier molecular flexibility index (Phi) is 4.52. The van der Waals surface area contributed by atoms with Gasteiger partial charge in [-0.3, -0.25) is 4.79 Å². The van der Waals surface area contributed by atoms with Crippen LogP contribution in [0.15, 0.2) is 18.3 Å². The molecule has 0 saturated carbocycles. The van der Waals surface area contributed by atoms with E-state index in [4.69, 9.17) is 16.3 Å². The number of methoxy groups -OCH3 is 1. The third-order valence-corrected chi connectivity index (χ3v) is 2.27. The molecule has 0 aromatic carbocycles. The summed E-state index contributed by atoms with van der Waals surface area (Å²) in [4.78, 5) is 17.2. The SMILES string of the molecule is COCCN(C)C(=O)c1cccnc1Cl. The lowest BCUT2D eigenvalue weighted by Crippen LogP contribution is -2.30. The largest absolute Gasteiger partial charge is 0.383 e. The van der Waals surface area contributed by atoms with E-state index in [1.165, 1.54) is 0 Å². The second-order valence-corrected chi connectivity index (χ2v) is 3.42. The molecule has 1 aromatic heterocycles. The molecule has 1 amide bonds. The van der Waals surface area contributed by atoms with E-state index in [1.807, 2.05) is 0 Å². The zero-order valence-electron chi connectivity index (χ0n) is 8.74. The maximum atomic E-state index is 11.8. The van der Waals surface area contributed by atoms with E-state index in [0.717, 1.165) is 0 Å². The Morgan fingerprint density at radius 2 is 2.40 bits per heavy atom. The van der Waals surface area contributed by atoms with Crippen molar-refractivity contribution in [3.8, 4) is 0 Å². The van der Waals surface area contributed by atoms with Gasteiger partial charge in [0.1, 0.15) is 5.15 Å². The van der Waals surface area contributed by atoms with Gasteiger partial charge in [-0.1, -0.05) is 11.6 Å². The minimum Gasteiger partial charge on any atom is -0.383 e. The van der Waals surface area contributed by atoms with Gasteiger partial charge in [-0.15, -0.1) is 0 Å². The number of hydrogen-bond acceptors (Lipinski definition) is 3. The summed E-state index contributed by atoms with van der Waals surface area (Å²) in [5.74, 6) is -0.148. The molecule has 0 fully saturated rings. The summed E-state index contributed by atoms with van der Waals surface area (Å²) in [6, 6.07) is 3.34. The van der Waals surface area contributed by atoms with Crippen LogP contribution in [0.4, 0.5) is 0 Å². The highest BCUT2D eigenvalue weighted by atomic mass is 35.5. The van der Waals surface area contributed by atoms with Gasteiger partial charge in [-0.2, -0.15) is 0 Å². The third-order valence-electron chi connectivity index (χ3n) is 1.97. The fraction of sp³-hybridized carbons (Fsp3) is 0.400. The smallest absolute Gasteiger partial charge is 0.256 e. The van der Waals surface area contributed by atoms with E-state index in [9.17, 15) is 4.79 Å². The number of aromatic nitrogens is 1. The van der Waals surface area contributed by atoms with Gasteiger partial charge in [0, 0.05) is 26.9 Å². The fourth-order valence-electron chi connectivity index (χ4n) is 1.08. The number of halogens is 1. The van der Waals surface area contributed by atoms with Crippen molar-refractivity contribution in [2.24, 2.45) is 0 Å². The highest BCUT2D eigenvalue weighted by molar-refractivity contribution is 6.32. The number of carbonyl (C=O) groups excluding carboxylic acids is 1. The van der Waals surface area contributed by atoms with E-state index in [2.05, 4.69) is 4.98 Å². The van der Waals surface area contributed by atoms with Crippen LogP contribution in [0, 0.1) is 0 Å². The van der Waals surface area contributed by atoms with Gasteiger partial charge in [-0.25, -0.2) is 4.98 Å². The molecule has 15 heavy (non-hydrogen) atoms. The molecular formula is C10H13ClN2O2. The summed E-state index contributed by atoms with van der Waals surface area (Å²) in [6.07, 6.45) is 1.55. The highest BCUT2D eigenvalue weighted by Gasteiger charge is 2.14. The van der Waals surface area contributed by atoms with Gasteiger partial charge >= 0.3 is 0 Å². The molecule has 4 nitrogen and oxygen atoms in total. The summed E-state index contributed by atoms with van der Waals surface area (Å²) in [5.41, 5.74) is 0.415. The number of pyridine rings is 1. The maximum Gasteiger partial charge on any atom is 0.256 e. The molecule has 0 aliphatic heterocycles. The van der Waals surface area contributed by atoms with Crippen molar-refractivity contribution in [2.75, 3.05) is 27.3 Å². The quantitative estimate of drug-likeness (QED) is 0.733. The molecule has 5 heteroatoms. The zero-order chi connectivity index (χ0) is 11.3. The lowest BCUT2D eigenvalue weighted by molar-refractivity contribution is 0.0744. The summed E-state index contributed by atoms with van der Waals surface area (Å²) in [7, 11) is 3.29. The van der Waals surface area contributed by atoms with Crippen LogP contribution in [0.25, 0.3) is 0 Å². The highest BCUT2D eigenvalue weighted by Crippen LogP contribution is 2.13. The van der Waals surface area contributed by atoms with Crippen LogP contribution in [-0.4, -0.2) is 43.1 Å². The first-order valence-corrected chi connectivity index (χ1v) is 4.89. The van der Waals surface area contributed by atoms with Crippen LogP contribution in [0.3, 0.4) is 0 Å². The van der Waals surface area contributed by atoms with Gasteiger partial charge in [0.25, 0.3) is 5.91 Å². The van der Waals surface area contributed by atoms with E-state index in [1.54, 1.807) is 37.4 Å².